The minimum Gasteiger partial charge on any atom is -0.449 e. The van der Waals surface area contributed by atoms with Crippen LogP contribution in [-0.2, 0) is 9.53 Å². The third-order valence-corrected chi connectivity index (χ3v) is 4.35. The highest BCUT2D eigenvalue weighted by molar-refractivity contribution is 6.39. The minimum atomic E-state index is -1.05. The van der Waals surface area contributed by atoms with Crippen LogP contribution in [0.1, 0.15) is 17.3 Å². The average molecular weight is 389 g/mol. The fraction of sp³-hybridized carbons (Fsp3) is 0.105. The van der Waals surface area contributed by atoms with Crippen molar-refractivity contribution in [2.24, 2.45) is 0 Å². The summed E-state index contributed by atoms with van der Waals surface area (Å²) in [5, 5.41) is 3.97. The lowest BCUT2D eigenvalue weighted by Crippen LogP contribution is -2.30. The van der Waals surface area contributed by atoms with Crippen LogP contribution in [0.3, 0.4) is 0 Å². The summed E-state index contributed by atoms with van der Waals surface area (Å²) in [7, 11) is 0. The summed E-state index contributed by atoms with van der Waals surface area (Å²) in [4.78, 5) is 29.0. The van der Waals surface area contributed by atoms with Crippen LogP contribution in [0.5, 0.6) is 0 Å². The van der Waals surface area contributed by atoms with E-state index in [0.717, 1.165) is 5.39 Å². The molecule has 0 bridgehead atoms. The first-order valence-corrected chi connectivity index (χ1v) is 8.52. The number of para-hydroxylation sites is 2. The van der Waals surface area contributed by atoms with E-state index in [9.17, 15) is 9.59 Å². The van der Waals surface area contributed by atoms with Gasteiger partial charge in [-0.3, -0.25) is 9.78 Å². The third-order valence-electron chi connectivity index (χ3n) is 3.72. The molecule has 26 heavy (non-hydrogen) atoms. The van der Waals surface area contributed by atoms with Crippen LogP contribution in [0.2, 0.25) is 10.0 Å². The Kier molecular flexibility index (Phi) is 5.40. The molecule has 0 saturated carbocycles. The van der Waals surface area contributed by atoms with E-state index in [0.29, 0.717) is 21.1 Å². The van der Waals surface area contributed by atoms with Crippen LogP contribution in [0, 0.1) is 0 Å². The second-order valence-corrected chi connectivity index (χ2v) is 6.33. The molecule has 0 saturated heterocycles. The Morgan fingerprint density at radius 3 is 2.42 bits per heavy atom. The second-order valence-electron chi connectivity index (χ2n) is 5.51. The van der Waals surface area contributed by atoms with Gasteiger partial charge in [0.15, 0.2) is 6.10 Å². The topological polar surface area (TPSA) is 68.3 Å². The third kappa shape index (κ3) is 3.79. The average Bonchev–Trinajstić information content (AvgIpc) is 2.64. The van der Waals surface area contributed by atoms with E-state index < -0.39 is 18.0 Å². The smallest absolute Gasteiger partial charge is 0.341 e. The molecule has 1 N–H and O–H groups in total. The molecule has 0 spiro atoms. The van der Waals surface area contributed by atoms with Crippen molar-refractivity contribution >= 4 is 51.7 Å². The molecular weight excluding hydrogens is 375 g/mol. The second kappa shape index (κ2) is 7.72. The fourth-order valence-electron chi connectivity index (χ4n) is 2.39. The molecule has 0 aliphatic rings. The van der Waals surface area contributed by atoms with Gasteiger partial charge in [-0.1, -0.05) is 47.5 Å². The maximum absolute atomic E-state index is 12.5. The molecule has 132 valence electrons. The van der Waals surface area contributed by atoms with Crippen molar-refractivity contribution in [3.63, 3.8) is 0 Å². The van der Waals surface area contributed by atoms with Gasteiger partial charge in [0.1, 0.15) is 0 Å². The van der Waals surface area contributed by atoms with Crippen LogP contribution >= 0.6 is 23.2 Å². The van der Waals surface area contributed by atoms with Gasteiger partial charge in [-0.15, -0.1) is 0 Å². The molecule has 1 aromatic heterocycles. The van der Waals surface area contributed by atoms with E-state index in [1.165, 1.54) is 6.92 Å². The summed E-state index contributed by atoms with van der Waals surface area (Å²) in [6.45, 7) is 1.47. The predicted octanol–water partition coefficient (Wildman–Crippen LogP) is 4.73. The molecule has 1 heterocycles. The molecule has 3 aromatic rings. The van der Waals surface area contributed by atoms with Crippen molar-refractivity contribution in [2.75, 3.05) is 5.32 Å². The molecule has 0 aliphatic heterocycles. The van der Waals surface area contributed by atoms with Crippen LogP contribution in [0.4, 0.5) is 5.69 Å². The van der Waals surface area contributed by atoms with Gasteiger partial charge in [0, 0.05) is 11.6 Å². The maximum Gasteiger partial charge on any atom is 0.341 e. The highest BCUT2D eigenvalue weighted by Gasteiger charge is 2.22. The summed E-state index contributed by atoms with van der Waals surface area (Å²) < 4.78 is 5.28. The number of hydrogen-bond acceptors (Lipinski definition) is 4. The summed E-state index contributed by atoms with van der Waals surface area (Å²) in [5.41, 5.74) is 1.08. The molecule has 1 atom stereocenters. The van der Waals surface area contributed by atoms with Gasteiger partial charge in [0.05, 0.1) is 26.8 Å². The van der Waals surface area contributed by atoms with Crippen molar-refractivity contribution in [2.45, 2.75) is 13.0 Å². The number of aromatic nitrogens is 1. The molecule has 0 unspecified atom stereocenters. The standard InChI is InChI=1S/C19H14Cl2N2O3/c1-11(18(24)23-17-14(20)8-3-9-15(17)21)26-19(25)13-7-2-5-12-6-4-10-22-16(12)13/h2-11H,1H3,(H,23,24)/t11-/m1/s1. The Hall–Kier alpha value is -2.63. The van der Waals surface area contributed by atoms with Crippen LogP contribution < -0.4 is 5.32 Å². The summed E-state index contributed by atoms with van der Waals surface area (Å²) in [6.07, 6.45) is 0.545. The van der Waals surface area contributed by atoms with Gasteiger partial charge >= 0.3 is 5.97 Å². The summed E-state index contributed by atoms with van der Waals surface area (Å²) in [5.74, 6) is -1.18. The Bertz CT molecular complexity index is 966. The van der Waals surface area contributed by atoms with Crippen molar-refractivity contribution in [1.82, 2.24) is 4.98 Å². The number of nitrogens with one attached hydrogen (secondary N) is 1. The zero-order valence-electron chi connectivity index (χ0n) is 13.7. The number of ether oxygens (including phenoxy) is 1. The van der Waals surface area contributed by atoms with E-state index in [4.69, 9.17) is 27.9 Å². The van der Waals surface area contributed by atoms with Crippen LogP contribution in [0.15, 0.2) is 54.7 Å². The molecule has 0 aliphatic carbocycles. The SMILES string of the molecule is C[C@@H](OC(=O)c1cccc2cccnc12)C(=O)Nc1c(Cl)cccc1Cl. The van der Waals surface area contributed by atoms with Gasteiger partial charge in [-0.25, -0.2) is 4.79 Å². The van der Waals surface area contributed by atoms with Gasteiger partial charge < -0.3 is 10.1 Å². The minimum absolute atomic E-state index is 0.274. The largest absolute Gasteiger partial charge is 0.449 e. The van der Waals surface area contributed by atoms with Crippen LogP contribution in [-0.4, -0.2) is 23.0 Å². The van der Waals surface area contributed by atoms with Crippen molar-refractivity contribution in [1.29, 1.82) is 0 Å². The Labute approximate surface area is 159 Å². The number of benzene rings is 2. The number of carbonyl (C=O) groups is 2. The van der Waals surface area contributed by atoms with Crippen LogP contribution in [0.25, 0.3) is 10.9 Å². The Morgan fingerprint density at radius 1 is 1.04 bits per heavy atom. The molecule has 7 heteroatoms. The van der Waals surface area contributed by atoms with Crippen molar-refractivity contribution < 1.29 is 14.3 Å². The van der Waals surface area contributed by atoms with E-state index in [1.54, 1.807) is 42.6 Å². The Morgan fingerprint density at radius 2 is 1.69 bits per heavy atom. The number of anilines is 1. The molecule has 0 fully saturated rings. The molecular formula is C19H14Cl2N2O3. The monoisotopic (exact) mass is 388 g/mol. The number of fused-ring (bicyclic) bond motifs is 1. The van der Waals surface area contributed by atoms with Gasteiger partial charge in [0.2, 0.25) is 0 Å². The molecule has 5 nitrogen and oxygen atoms in total. The molecule has 3 rings (SSSR count). The van der Waals surface area contributed by atoms with E-state index in [-0.39, 0.29) is 5.69 Å². The number of hydrogen-bond donors (Lipinski definition) is 1. The zero-order valence-corrected chi connectivity index (χ0v) is 15.2. The first-order chi connectivity index (χ1) is 12.5. The normalized spacial score (nSPS) is 11.8. The number of nitrogens with zero attached hydrogens (tertiary/aromatic N) is 1. The zero-order chi connectivity index (χ0) is 18.7. The fourth-order valence-corrected chi connectivity index (χ4v) is 2.88. The van der Waals surface area contributed by atoms with Crippen molar-refractivity contribution in [3.05, 3.63) is 70.3 Å². The lowest BCUT2D eigenvalue weighted by Gasteiger charge is -2.15. The van der Waals surface area contributed by atoms with Gasteiger partial charge in [-0.05, 0) is 31.2 Å². The summed E-state index contributed by atoms with van der Waals surface area (Å²) >= 11 is 12.1. The quantitative estimate of drug-likeness (QED) is 0.656. The maximum atomic E-state index is 12.5. The number of esters is 1. The first-order valence-electron chi connectivity index (χ1n) is 7.77. The van der Waals surface area contributed by atoms with E-state index in [2.05, 4.69) is 10.3 Å². The number of rotatable bonds is 4. The molecule has 2 aromatic carbocycles. The number of halogens is 2. The lowest BCUT2D eigenvalue weighted by molar-refractivity contribution is -0.123. The van der Waals surface area contributed by atoms with Crippen molar-refractivity contribution in [3.8, 4) is 0 Å². The molecule has 1 amide bonds. The Balaban J connectivity index is 1.75. The number of carbonyl (C=O) groups excluding carboxylic acids is 2. The lowest BCUT2D eigenvalue weighted by atomic mass is 10.1. The highest BCUT2D eigenvalue weighted by atomic mass is 35.5. The molecule has 0 radical (unpaired) electrons. The first kappa shape index (κ1) is 18.2. The van der Waals surface area contributed by atoms with Gasteiger partial charge in [0.25, 0.3) is 5.91 Å². The van der Waals surface area contributed by atoms with E-state index in [1.807, 2.05) is 12.1 Å². The number of pyridine rings is 1. The predicted molar refractivity (Wildman–Crippen MR) is 102 cm³/mol. The van der Waals surface area contributed by atoms with E-state index >= 15 is 0 Å². The summed E-state index contributed by atoms with van der Waals surface area (Å²) in [6, 6.07) is 13.7. The van der Waals surface area contributed by atoms with Gasteiger partial charge in [-0.2, -0.15) is 0 Å². The number of amides is 1. The highest BCUT2D eigenvalue weighted by Crippen LogP contribution is 2.30.